The fraction of sp³-hybridized carbons (Fsp3) is 0.348. The van der Waals surface area contributed by atoms with Crippen LogP contribution in [-0.4, -0.2) is 27.8 Å². The molecule has 1 saturated heterocycles. The zero-order valence-electron chi connectivity index (χ0n) is 15.9. The minimum absolute atomic E-state index is 0.399. The molecule has 1 unspecified atom stereocenters. The molecule has 144 valence electrons. The van der Waals surface area contributed by atoms with Gasteiger partial charge >= 0.3 is 0 Å². The van der Waals surface area contributed by atoms with Crippen LogP contribution < -0.4 is 5.32 Å². The summed E-state index contributed by atoms with van der Waals surface area (Å²) in [5, 5.41) is 8.73. The number of likely N-dealkylation sites (tertiary alicyclic amines) is 1. The Bertz CT molecular complexity index is 966. The first-order chi connectivity index (χ1) is 13.8. The topological polar surface area (TPSA) is 33.1 Å². The normalized spacial score (nSPS) is 19.4. The number of benzene rings is 2. The highest BCUT2D eigenvalue weighted by Gasteiger charge is 2.32. The summed E-state index contributed by atoms with van der Waals surface area (Å²) in [6.45, 7) is 3.14. The molecule has 1 atom stereocenters. The number of hydrogen-bond acceptors (Lipinski definition) is 3. The van der Waals surface area contributed by atoms with Crippen LogP contribution in [0.1, 0.15) is 42.1 Å². The van der Waals surface area contributed by atoms with Crippen molar-refractivity contribution in [3.63, 3.8) is 0 Å². The fourth-order valence-electron chi connectivity index (χ4n) is 4.57. The van der Waals surface area contributed by atoms with Crippen molar-refractivity contribution in [2.45, 2.75) is 38.3 Å². The van der Waals surface area contributed by atoms with E-state index in [0.717, 1.165) is 36.2 Å². The van der Waals surface area contributed by atoms with Crippen molar-refractivity contribution in [2.24, 2.45) is 0 Å². The third-order valence-corrected chi connectivity index (χ3v) is 6.39. The van der Waals surface area contributed by atoms with Crippen molar-refractivity contribution in [1.29, 1.82) is 0 Å². The van der Waals surface area contributed by atoms with E-state index in [2.05, 4.69) is 85.4 Å². The van der Waals surface area contributed by atoms with E-state index in [1.807, 2.05) is 0 Å². The molecule has 0 bridgehead atoms. The molecule has 0 spiro atoms. The van der Waals surface area contributed by atoms with E-state index in [-0.39, 0.29) is 0 Å². The fourth-order valence-corrected chi connectivity index (χ4v) is 4.96. The Kier molecular flexibility index (Phi) is 4.95. The third-order valence-electron chi connectivity index (χ3n) is 5.89. The van der Waals surface area contributed by atoms with Gasteiger partial charge in [0.05, 0.1) is 17.4 Å². The number of nitrogens with one attached hydrogen (secondary N) is 1. The van der Waals surface area contributed by atoms with E-state index in [1.54, 1.807) is 0 Å². The van der Waals surface area contributed by atoms with Gasteiger partial charge in [-0.05, 0) is 49.6 Å². The summed E-state index contributed by atoms with van der Waals surface area (Å²) in [5.41, 5.74) is 5.17. The molecule has 1 fully saturated rings. The monoisotopic (exact) mass is 436 g/mol. The lowest BCUT2D eigenvalue weighted by Gasteiger charge is -2.35. The van der Waals surface area contributed by atoms with Crippen LogP contribution in [0.4, 0.5) is 5.82 Å². The highest BCUT2D eigenvalue weighted by Crippen LogP contribution is 2.38. The molecule has 0 radical (unpaired) electrons. The molecule has 5 heteroatoms. The van der Waals surface area contributed by atoms with Crippen molar-refractivity contribution in [1.82, 2.24) is 14.7 Å². The van der Waals surface area contributed by atoms with Crippen molar-refractivity contribution >= 4 is 21.7 Å². The Morgan fingerprint density at radius 2 is 1.96 bits per heavy atom. The summed E-state index contributed by atoms with van der Waals surface area (Å²) >= 11 is 3.60. The summed E-state index contributed by atoms with van der Waals surface area (Å²) in [6, 6.07) is 19.6. The maximum atomic E-state index is 5.15. The highest BCUT2D eigenvalue weighted by molar-refractivity contribution is 9.10. The van der Waals surface area contributed by atoms with Crippen LogP contribution in [0.15, 0.2) is 59.1 Å². The lowest BCUT2D eigenvalue weighted by Crippen LogP contribution is -2.33. The molecule has 2 aromatic carbocycles. The average Bonchev–Trinajstić information content (AvgIpc) is 3.32. The van der Waals surface area contributed by atoms with Gasteiger partial charge in [0.1, 0.15) is 5.82 Å². The molecule has 3 aromatic rings. The van der Waals surface area contributed by atoms with Crippen LogP contribution in [0.5, 0.6) is 0 Å². The number of halogens is 1. The maximum Gasteiger partial charge on any atom is 0.133 e. The van der Waals surface area contributed by atoms with E-state index < -0.39 is 0 Å². The van der Waals surface area contributed by atoms with Crippen molar-refractivity contribution in [3.8, 4) is 5.69 Å². The quantitative estimate of drug-likeness (QED) is 0.599. The first-order valence-electron chi connectivity index (χ1n) is 10.2. The van der Waals surface area contributed by atoms with Crippen LogP contribution in [0.3, 0.4) is 0 Å². The summed E-state index contributed by atoms with van der Waals surface area (Å²) in [5.74, 6) is 1.18. The number of aromatic nitrogens is 2. The van der Waals surface area contributed by atoms with Crippen molar-refractivity contribution in [3.05, 3.63) is 75.9 Å². The molecule has 28 heavy (non-hydrogen) atoms. The van der Waals surface area contributed by atoms with Gasteiger partial charge in [-0.15, -0.1) is 0 Å². The number of fused-ring (bicyclic) bond motifs is 1. The summed E-state index contributed by atoms with van der Waals surface area (Å²) < 4.78 is 3.19. The number of anilines is 1. The second-order valence-electron chi connectivity index (χ2n) is 7.75. The summed E-state index contributed by atoms with van der Waals surface area (Å²) in [4.78, 5) is 2.63. The zero-order chi connectivity index (χ0) is 18.9. The van der Waals surface area contributed by atoms with E-state index in [4.69, 9.17) is 5.10 Å². The van der Waals surface area contributed by atoms with Gasteiger partial charge in [-0.2, -0.15) is 5.10 Å². The molecule has 0 amide bonds. The molecule has 1 N–H and O–H groups in total. The van der Waals surface area contributed by atoms with Crippen LogP contribution in [0, 0.1) is 0 Å². The Labute approximate surface area is 174 Å². The van der Waals surface area contributed by atoms with Gasteiger partial charge in [0.25, 0.3) is 0 Å². The Hall–Kier alpha value is -2.11. The number of piperidine rings is 1. The molecule has 1 aromatic heterocycles. The summed E-state index contributed by atoms with van der Waals surface area (Å²) in [6.07, 6.45) is 4.81. The van der Waals surface area contributed by atoms with E-state index in [1.165, 1.54) is 41.9 Å². The van der Waals surface area contributed by atoms with Crippen LogP contribution in [0.2, 0.25) is 0 Å². The van der Waals surface area contributed by atoms with Crippen LogP contribution >= 0.6 is 15.9 Å². The lowest BCUT2D eigenvalue weighted by atomic mass is 9.95. The molecule has 4 nitrogen and oxygen atoms in total. The number of nitrogens with zero attached hydrogens (tertiary/aromatic N) is 3. The predicted molar refractivity (Wildman–Crippen MR) is 117 cm³/mol. The second kappa shape index (κ2) is 7.72. The predicted octanol–water partition coefficient (Wildman–Crippen LogP) is 5.33. The van der Waals surface area contributed by atoms with Crippen LogP contribution in [-0.2, 0) is 13.0 Å². The van der Waals surface area contributed by atoms with Gasteiger partial charge in [-0.1, -0.05) is 58.7 Å². The van der Waals surface area contributed by atoms with Gasteiger partial charge in [0.2, 0.25) is 0 Å². The first kappa shape index (κ1) is 18.0. The standard InChI is InChI=1S/C23H25BrN4/c24-18-9-6-10-19(15-18)28-23-20(12-13-25-23)22(26-28)21-11-4-5-14-27(21)16-17-7-2-1-3-8-17/h1-3,6-10,15,21,25H,4-5,11-14,16H2. The van der Waals surface area contributed by atoms with Crippen molar-refractivity contribution < 1.29 is 0 Å². The number of hydrogen-bond donors (Lipinski definition) is 1. The van der Waals surface area contributed by atoms with Gasteiger partial charge in [0.15, 0.2) is 0 Å². The molecule has 2 aliphatic rings. The average molecular weight is 437 g/mol. The smallest absolute Gasteiger partial charge is 0.133 e. The Balaban J connectivity index is 1.52. The van der Waals surface area contributed by atoms with Gasteiger partial charge in [0, 0.05) is 23.1 Å². The van der Waals surface area contributed by atoms with E-state index in [0.29, 0.717) is 6.04 Å². The first-order valence-corrected chi connectivity index (χ1v) is 11.0. The third kappa shape index (κ3) is 3.38. The molecular weight excluding hydrogens is 412 g/mol. The zero-order valence-corrected chi connectivity index (χ0v) is 17.5. The molecule has 0 saturated carbocycles. The largest absolute Gasteiger partial charge is 0.369 e. The number of rotatable bonds is 4. The molecule has 0 aliphatic carbocycles. The molecule has 2 aliphatic heterocycles. The van der Waals surface area contributed by atoms with E-state index >= 15 is 0 Å². The SMILES string of the molecule is Brc1cccc(-n2nc(C3CCCCN3Cc3ccccc3)c3c2NCC3)c1. The summed E-state index contributed by atoms with van der Waals surface area (Å²) in [7, 11) is 0. The molecule has 3 heterocycles. The maximum absolute atomic E-state index is 5.15. The minimum atomic E-state index is 0.399. The van der Waals surface area contributed by atoms with Gasteiger partial charge in [-0.3, -0.25) is 4.90 Å². The van der Waals surface area contributed by atoms with Crippen LogP contribution in [0.25, 0.3) is 5.69 Å². The lowest BCUT2D eigenvalue weighted by molar-refractivity contribution is 0.136. The highest BCUT2D eigenvalue weighted by atomic mass is 79.9. The minimum Gasteiger partial charge on any atom is -0.369 e. The van der Waals surface area contributed by atoms with Gasteiger partial charge < -0.3 is 5.32 Å². The Morgan fingerprint density at radius 3 is 2.82 bits per heavy atom. The van der Waals surface area contributed by atoms with Gasteiger partial charge in [-0.25, -0.2) is 4.68 Å². The molecule has 5 rings (SSSR count). The Morgan fingerprint density at radius 1 is 1.07 bits per heavy atom. The molecular formula is C23H25BrN4. The van der Waals surface area contributed by atoms with Crippen molar-refractivity contribution in [2.75, 3.05) is 18.4 Å². The van der Waals surface area contributed by atoms with E-state index in [9.17, 15) is 0 Å². The second-order valence-corrected chi connectivity index (χ2v) is 8.66.